The van der Waals surface area contributed by atoms with Gasteiger partial charge >= 0.3 is 6.09 Å². The lowest BCUT2D eigenvalue weighted by Crippen LogP contribution is -2.66. The van der Waals surface area contributed by atoms with Gasteiger partial charge in [0.05, 0.1) is 45.2 Å². The maximum Gasteiger partial charge on any atom is 0.407 e. The van der Waals surface area contributed by atoms with Gasteiger partial charge in [-0.3, -0.25) is 0 Å². The van der Waals surface area contributed by atoms with E-state index in [4.69, 9.17) is 23.7 Å². The second-order valence-electron chi connectivity index (χ2n) is 13.5. The van der Waals surface area contributed by atoms with Gasteiger partial charge in [0.25, 0.3) is 0 Å². The van der Waals surface area contributed by atoms with E-state index in [0.717, 1.165) is 22.3 Å². The van der Waals surface area contributed by atoms with Gasteiger partial charge in [0.2, 0.25) is 0 Å². The molecule has 0 aliphatic heterocycles. The first kappa shape index (κ1) is 35.3. The van der Waals surface area contributed by atoms with Crippen LogP contribution in [0.1, 0.15) is 49.9 Å². The molecule has 0 radical (unpaired) electrons. The predicted octanol–water partition coefficient (Wildman–Crippen LogP) is 8.12. The first-order chi connectivity index (χ1) is 23.3. The van der Waals surface area contributed by atoms with Crippen LogP contribution in [0.25, 0.3) is 0 Å². The Bertz CT molecular complexity index is 1500. The highest BCUT2D eigenvalue weighted by Gasteiger charge is 2.52. The molecule has 6 atom stereocenters. The van der Waals surface area contributed by atoms with Crippen molar-refractivity contribution in [2.75, 3.05) is 6.61 Å². The van der Waals surface area contributed by atoms with Gasteiger partial charge in [-0.25, -0.2) is 4.79 Å². The molecule has 1 amide bonds. The van der Waals surface area contributed by atoms with Crippen molar-refractivity contribution >= 4 is 6.09 Å². The van der Waals surface area contributed by atoms with Crippen molar-refractivity contribution in [3.05, 3.63) is 144 Å². The first-order valence-corrected chi connectivity index (χ1v) is 16.8. The second-order valence-corrected chi connectivity index (χ2v) is 13.5. The fourth-order valence-electron chi connectivity index (χ4n) is 6.20. The standard InChI is InChI=1S/C41H49NO6/c1-30-35(29-44-25-31-17-9-5-10-18-31)37(45-26-32-19-11-6-12-20-32)39(47-28-34-23-15-8-16-24-34)38(46-27-33-21-13-7-14-22-33)36(30)42-40(43)48-41(2,3)4/h5-24,30,35-39H,25-29H2,1-4H3,(H,42,43)/t30-,35+,36+,37+,38+,39+/m1/s1. The fraction of sp³-hybridized carbons (Fsp3) is 0.390. The lowest BCUT2D eigenvalue weighted by molar-refractivity contribution is -0.216. The molecule has 48 heavy (non-hydrogen) atoms. The molecular formula is C41H49NO6. The zero-order valence-corrected chi connectivity index (χ0v) is 28.5. The van der Waals surface area contributed by atoms with E-state index in [0.29, 0.717) is 33.0 Å². The van der Waals surface area contributed by atoms with E-state index in [1.165, 1.54) is 0 Å². The average molecular weight is 652 g/mol. The summed E-state index contributed by atoms with van der Waals surface area (Å²) in [6, 6.07) is 39.9. The molecule has 5 rings (SSSR count). The number of nitrogens with one attached hydrogen (secondary N) is 1. The number of amides is 1. The predicted molar refractivity (Wildman–Crippen MR) is 187 cm³/mol. The van der Waals surface area contributed by atoms with Gasteiger partial charge in [-0.1, -0.05) is 128 Å². The molecule has 1 aliphatic carbocycles. The molecule has 0 bridgehead atoms. The van der Waals surface area contributed by atoms with Gasteiger partial charge in [0, 0.05) is 5.92 Å². The minimum absolute atomic E-state index is 0.119. The molecule has 1 N–H and O–H groups in total. The van der Waals surface area contributed by atoms with Crippen molar-refractivity contribution in [2.45, 2.75) is 84.1 Å². The summed E-state index contributed by atoms with van der Waals surface area (Å²) < 4.78 is 32.6. The van der Waals surface area contributed by atoms with Crippen LogP contribution in [0.5, 0.6) is 0 Å². The van der Waals surface area contributed by atoms with Crippen molar-refractivity contribution in [1.29, 1.82) is 0 Å². The Morgan fingerprint density at radius 2 is 0.979 bits per heavy atom. The van der Waals surface area contributed by atoms with E-state index in [1.54, 1.807) is 0 Å². The van der Waals surface area contributed by atoms with Crippen LogP contribution < -0.4 is 5.32 Å². The second kappa shape index (κ2) is 17.4. The van der Waals surface area contributed by atoms with Crippen LogP contribution in [0.15, 0.2) is 121 Å². The smallest absolute Gasteiger partial charge is 0.407 e. The van der Waals surface area contributed by atoms with Crippen LogP contribution in [0, 0.1) is 11.8 Å². The summed E-state index contributed by atoms with van der Waals surface area (Å²) in [5.41, 5.74) is 3.55. The van der Waals surface area contributed by atoms with Crippen molar-refractivity contribution in [3.63, 3.8) is 0 Å². The molecule has 4 aromatic carbocycles. The summed E-state index contributed by atoms with van der Waals surface area (Å²) in [4.78, 5) is 13.4. The van der Waals surface area contributed by atoms with Gasteiger partial charge in [-0.2, -0.15) is 0 Å². The zero-order chi connectivity index (χ0) is 33.8. The number of ether oxygens (including phenoxy) is 5. The van der Waals surface area contributed by atoms with Crippen LogP contribution in [0.4, 0.5) is 4.79 Å². The lowest BCUT2D eigenvalue weighted by Gasteiger charge is -2.50. The Hall–Kier alpha value is -4.01. The highest BCUT2D eigenvalue weighted by atomic mass is 16.6. The molecule has 254 valence electrons. The van der Waals surface area contributed by atoms with Crippen LogP contribution in [-0.2, 0) is 50.1 Å². The quantitative estimate of drug-likeness (QED) is 0.149. The van der Waals surface area contributed by atoms with E-state index in [9.17, 15) is 4.79 Å². The highest BCUT2D eigenvalue weighted by molar-refractivity contribution is 5.68. The van der Waals surface area contributed by atoms with Gasteiger partial charge in [0.1, 0.15) is 17.8 Å². The summed E-state index contributed by atoms with van der Waals surface area (Å²) >= 11 is 0. The Morgan fingerprint density at radius 1 is 0.583 bits per heavy atom. The van der Waals surface area contributed by atoms with E-state index in [2.05, 4.69) is 36.5 Å². The van der Waals surface area contributed by atoms with E-state index < -0.39 is 36.0 Å². The van der Waals surface area contributed by atoms with E-state index >= 15 is 0 Å². The monoisotopic (exact) mass is 651 g/mol. The molecule has 0 unspecified atom stereocenters. The normalized spacial score (nSPS) is 22.6. The van der Waals surface area contributed by atoms with Crippen LogP contribution >= 0.6 is 0 Å². The maximum atomic E-state index is 13.4. The Balaban J connectivity index is 1.49. The number of hydrogen-bond donors (Lipinski definition) is 1. The van der Waals surface area contributed by atoms with Crippen molar-refractivity contribution < 1.29 is 28.5 Å². The molecule has 0 heterocycles. The highest BCUT2D eigenvalue weighted by Crippen LogP contribution is 2.38. The number of benzene rings is 4. The number of carbonyl (C=O) groups is 1. The molecule has 4 aromatic rings. The topological polar surface area (TPSA) is 75.3 Å². The zero-order valence-electron chi connectivity index (χ0n) is 28.5. The summed E-state index contributed by atoms with van der Waals surface area (Å²) in [5.74, 6) is -0.263. The SMILES string of the molecule is C[C@@H]1[C@H](COCc2ccccc2)[C@H](OCc2ccccc2)[C@H](OCc2ccccc2)[C@@H](OCc2ccccc2)[C@H]1NC(=O)OC(C)(C)C. The van der Waals surface area contributed by atoms with E-state index in [1.807, 2.05) is 118 Å². The van der Waals surface area contributed by atoms with Crippen LogP contribution in [0.2, 0.25) is 0 Å². The fourth-order valence-corrected chi connectivity index (χ4v) is 6.20. The number of hydrogen-bond acceptors (Lipinski definition) is 6. The molecule has 1 aliphatic rings. The average Bonchev–Trinajstić information content (AvgIpc) is 3.09. The number of rotatable bonds is 14. The lowest BCUT2D eigenvalue weighted by atomic mass is 9.72. The summed E-state index contributed by atoms with van der Waals surface area (Å²) in [6.45, 7) is 9.67. The molecule has 0 saturated heterocycles. The number of alkyl carbamates (subject to hydrolysis) is 1. The third-order valence-electron chi connectivity index (χ3n) is 8.63. The molecule has 0 spiro atoms. The minimum Gasteiger partial charge on any atom is -0.444 e. The molecule has 7 nitrogen and oxygen atoms in total. The Morgan fingerprint density at radius 3 is 1.42 bits per heavy atom. The molecule has 1 saturated carbocycles. The van der Waals surface area contributed by atoms with Gasteiger partial charge in [0.15, 0.2) is 0 Å². The third-order valence-corrected chi connectivity index (χ3v) is 8.63. The number of carbonyl (C=O) groups excluding carboxylic acids is 1. The summed E-state index contributed by atoms with van der Waals surface area (Å²) in [7, 11) is 0. The van der Waals surface area contributed by atoms with Gasteiger partial charge in [-0.05, 0) is 48.9 Å². The minimum atomic E-state index is -0.662. The first-order valence-electron chi connectivity index (χ1n) is 16.8. The van der Waals surface area contributed by atoms with Crippen molar-refractivity contribution in [2.24, 2.45) is 11.8 Å². The van der Waals surface area contributed by atoms with Gasteiger partial charge in [-0.15, -0.1) is 0 Å². The molecule has 7 heteroatoms. The van der Waals surface area contributed by atoms with Crippen LogP contribution in [0.3, 0.4) is 0 Å². The molecule has 1 fully saturated rings. The van der Waals surface area contributed by atoms with Crippen molar-refractivity contribution in [1.82, 2.24) is 5.32 Å². The molecule has 0 aromatic heterocycles. The van der Waals surface area contributed by atoms with E-state index in [-0.39, 0.29) is 11.8 Å². The maximum absolute atomic E-state index is 13.4. The largest absolute Gasteiger partial charge is 0.444 e. The summed E-state index contributed by atoms with van der Waals surface area (Å²) in [5, 5.41) is 3.19. The van der Waals surface area contributed by atoms with Crippen LogP contribution in [-0.4, -0.2) is 42.7 Å². The van der Waals surface area contributed by atoms with Gasteiger partial charge < -0.3 is 29.0 Å². The third kappa shape index (κ3) is 10.5. The molecular weight excluding hydrogens is 602 g/mol. The Labute approximate surface area is 285 Å². The summed E-state index contributed by atoms with van der Waals surface area (Å²) in [6.07, 6.45) is -2.00. The van der Waals surface area contributed by atoms with Crippen molar-refractivity contribution in [3.8, 4) is 0 Å². The Kier molecular flexibility index (Phi) is 12.8.